The third-order valence-corrected chi connectivity index (χ3v) is 5.73. The second-order valence-electron chi connectivity index (χ2n) is 8.02. The van der Waals surface area contributed by atoms with Gasteiger partial charge >= 0.3 is 17.9 Å². The van der Waals surface area contributed by atoms with E-state index in [0.29, 0.717) is 31.4 Å². The molecule has 0 bridgehead atoms. The third-order valence-electron chi connectivity index (χ3n) is 4.38. The highest BCUT2D eigenvalue weighted by Gasteiger charge is 2.23. The average Bonchev–Trinajstić information content (AvgIpc) is 2.84. The van der Waals surface area contributed by atoms with Gasteiger partial charge in [-0.2, -0.15) is 0 Å². The van der Waals surface area contributed by atoms with E-state index in [9.17, 15) is 22.8 Å². The highest BCUT2D eigenvalue weighted by Crippen LogP contribution is 2.07. The molecule has 0 fully saturated rings. The van der Waals surface area contributed by atoms with E-state index in [0.717, 1.165) is 0 Å². The number of carboxylic acids is 3. The van der Waals surface area contributed by atoms with Gasteiger partial charge in [0.15, 0.2) is 11.9 Å². The van der Waals surface area contributed by atoms with E-state index in [1.165, 1.54) is 0 Å². The largest absolute Gasteiger partial charge is 0.480 e. The molecule has 2 atom stereocenters. The van der Waals surface area contributed by atoms with Gasteiger partial charge in [0, 0.05) is 13.1 Å². The number of benzene rings is 1. The first kappa shape index (κ1) is 38.1. The number of likely N-dealkylation sites (N-methyl/N-ethyl adjacent to an activating group) is 1. The van der Waals surface area contributed by atoms with Crippen molar-refractivity contribution in [1.29, 1.82) is 0 Å². The highest BCUT2D eigenvalue weighted by molar-refractivity contribution is 7.88. The lowest BCUT2D eigenvalue weighted by molar-refractivity contribution is -0.139. The number of hydrogen-bond acceptors (Lipinski definition) is 9. The topological polar surface area (TPSA) is 325 Å². The van der Waals surface area contributed by atoms with Crippen molar-refractivity contribution in [2.45, 2.75) is 43.5 Å². The summed E-state index contributed by atoms with van der Waals surface area (Å²) in [6, 6.07) is 6.50. The standard InChI is InChI=1S/C13H20N4O4S.C6H14N4O2.C3H7NO2/c14-13(15)16-8-4-7-11(12(18)19)17-22(20,21)9-10-5-2-1-3-6-10;7-4(5(11)12)2-1-3-10-6(8)9;1-4-2-3(5)6/h1-3,5-6,11,17H,4,7-9H2,(H,18,19)(H4,14,15,16);4H,1-3,7H2,(H,11,12)(H4,8,9,10);4H,2H2,1H3,(H,5,6)/t11-;4-;/m10./s1. The number of aliphatic imine (C=N–C) groups is 2. The zero-order valence-corrected chi connectivity index (χ0v) is 23.1. The molecular formula is C22H41N9O8S. The molecule has 0 amide bonds. The summed E-state index contributed by atoms with van der Waals surface area (Å²) in [5, 5.41) is 27.8. The van der Waals surface area contributed by atoms with Crippen molar-refractivity contribution < 1.29 is 38.1 Å². The van der Waals surface area contributed by atoms with Gasteiger partial charge in [-0.15, -0.1) is 0 Å². The molecule has 40 heavy (non-hydrogen) atoms. The molecule has 18 heteroatoms. The molecule has 0 aliphatic heterocycles. The van der Waals surface area contributed by atoms with Crippen molar-refractivity contribution in [3.05, 3.63) is 35.9 Å². The van der Waals surface area contributed by atoms with Crippen molar-refractivity contribution in [3.8, 4) is 0 Å². The van der Waals surface area contributed by atoms with Crippen molar-refractivity contribution >= 4 is 39.9 Å². The molecule has 0 aliphatic rings. The number of nitrogens with two attached hydrogens (primary N) is 5. The molecule has 0 spiro atoms. The van der Waals surface area contributed by atoms with Gasteiger partial charge in [0.2, 0.25) is 10.0 Å². The van der Waals surface area contributed by atoms with Gasteiger partial charge in [-0.3, -0.25) is 24.4 Å². The van der Waals surface area contributed by atoms with Crippen LogP contribution in [0.15, 0.2) is 40.3 Å². The molecule has 0 saturated carbocycles. The van der Waals surface area contributed by atoms with Crippen LogP contribution in [0.5, 0.6) is 0 Å². The fourth-order valence-electron chi connectivity index (χ4n) is 2.58. The second kappa shape index (κ2) is 21.9. The summed E-state index contributed by atoms with van der Waals surface area (Å²) >= 11 is 0. The van der Waals surface area contributed by atoms with E-state index in [1.54, 1.807) is 37.4 Å². The molecule has 17 nitrogen and oxygen atoms in total. The molecule has 0 radical (unpaired) electrons. The first-order valence-corrected chi connectivity index (χ1v) is 13.5. The molecule has 0 saturated heterocycles. The maximum Gasteiger partial charge on any atom is 0.321 e. The number of carbonyl (C=O) groups is 3. The Bertz CT molecular complexity index is 1050. The monoisotopic (exact) mass is 591 g/mol. The lowest BCUT2D eigenvalue weighted by Crippen LogP contribution is -2.41. The molecule has 0 unspecified atom stereocenters. The maximum atomic E-state index is 12.0. The molecule has 0 aromatic heterocycles. The van der Waals surface area contributed by atoms with Gasteiger partial charge in [-0.25, -0.2) is 13.1 Å². The van der Waals surface area contributed by atoms with E-state index < -0.39 is 40.0 Å². The Labute approximate surface area is 233 Å². The predicted octanol–water partition coefficient (Wildman–Crippen LogP) is -2.64. The number of aliphatic carboxylic acids is 3. The summed E-state index contributed by atoms with van der Waals surface area (Å²) in [6.07, 6.45) is 1.40. The molecule has 15 N–H and O–H groups in total. The molecule has 1 aromatic rings. The fourth-order valence-corrected chi connectivity index (χ4v) is 3.95. The van der Waals surface area contributed by atoms with Crippen LogP contribution in [0.4, 0.5) is 0 Å². The Balaban J connectivity index is 0. The van der Waals surface area contributed by atoms with Crippen molar-refractivity contribution in [1.82, 2.24) is 10.0 Å². The van der Waals surface area contributed by atoms with E-state index in [4.69, 9.17) is 44.0 Å². The van der Waals surface area contributed by atoms with Gasteiger partial charge in [0.1, 0.15) is 12.1 Å². The minimum Gasteiger partial charge on any atom is -0.480 e. The SMILES string of the molecule is CNCC(=O)O.NC(N)=NCCC[C@@H](NS(=O)(=O)Cc1ccccc1)C(=O)O.NC(N)=NCCC[C@H](N)C(=O)O. The van der Waals surface area contributed by atoms with Crippen LogP contribution in [0.1, 0.15) is 31.2 Å². The van der Waals surface area contributed by atoms with E-state index in [1.807, 2.05) is 0 Å². The summed E-state index contributed by atoms with van der Waals surface area (Å²) in [4.78, 5) is 38.3. The fraction of sp³-hybridized carbons (Fsp3) is 0.500. The molecule has 1 rings (SSSR count). The Morgan fingerprint density at radius 2 is 1.38 bits per heavy atom. The lowest BCUT2D eigenvalue weighted by atomic mass is 10.2. The van der Waals surface area contributed by atoms with Crippen LogP contribution in [-0.2, 0) is 30.2 Å². The van der Waals surface area contributed by atoms with E-state index in [2.05, 4.69) is 20.0 Å². The van der Waals surface area contributed by atoms with Gasteiger partial charge in [-0.05, 0) is 38.3 Å². The summed E-state index contributed by atoms with van der Waals surface area (Å²) in [5.74, 6) is -3.40. The van der Waals surface area contributed by atoms with Crippen LogP contribution < -0.4 is 38.7 Å². The number of rotatable bonds is 16. The van der Waals surface area contributed by atoms with Gasteiger partial charge in [-0.1, -0.05) is 30.3 Å². The Morgan fingerprint density at radius 3 is 1.75 bits per heavy atom. The van der Waals surface area contributed by atoms with Gasteiger partial charge in [0.05, 0.1) is 12.3 Å². The molecule has 0 heterocycles. The highest BCUT2D eigenvalue weighted by atomic mass is 32.2. The van der Waals surface area contributed by atoms with Crippen molar-refractivity contribution in [2.75, 3.05) is 26.7 Å². The number of nitrogens with one attached hydrogen (secondary N) is 2. The van der Waals surface area contributed by atoms with Crippen LogP contribution in [0.3, 0.4) is 0 Å². The quantitative estimate of drug-likeness (QED) is 0.0533. The van der Waals surface area contributed by atoms with Gasteiger partial charge in [0.25, 0.3) is 0 Å². The van der Waals surface area contributed by atoms with Crippen LogP contribution >= 0.6 is 0 Å². The number of carboxylic acid groups (broad SMARTS) is 3. The molecular weight excluding hydrogens is 550 g/mol. The third kappa shape index (κ3) is 24.3. The average molecular weight is 592 g/mol. The Hall–Kier alpha value is -4.00. The van der Waals surface area contributed by atoms with Crippen LogP contribution in [0.25, 0.3) is 0 Å². The molecule has 0 aliphatic carbocycles. The van der Waals surface area contributed by atoms with E-state index >= 15 is 0 Å². The van der Waals surface area contributed by atoms with Gasteiger partial charge < -0.3 is 49.3 Å². The number of guanidine groups is 2. The number of hydrogen-bond donors (Lipinski definition) is 10. The predicted molar refractivity (Wildman–Crippen MR) is 151 cm³/mol. The first-order chi connectivity index (χ1) is 18.6. The normalized spacial score (nSPS) is 11.8. The summed E-state index contributed by atoms with van der Waals surface area (Å²) < 4.78 is 26.2. The minimum atomic E-state index is -3.75. The van der Waals surface area contributed by atoms with Crippen molar-refractivity contribution in [3.63, 3.8) is 0 Å². The van der Waals surface area contributed by atoms with Crippen LogP contribution in [0, 0.1) is 0 Å². The van der Waals surface area contributed by atoms with Crippen LogP contribution in [0.2, 0.25) is 0 Å². The minimum absolute atomic E-state index is 0.0129. The van der Waals surface area contributed by atoms with Crippen LogP contribution in [-0.4, -0.2) is 92.3 Å². The lowest BCUT2D eigenvalue weighted by Gasteiger charge is -2.14. The van der Waals surface area contributed by atoms with Crippen molar-refractivity contribution in [2.24, 2.45) is 38.7 Å². The zero-order chi connectivity index (χ0) is 31.1. The zero-order valence-electron chi connectivity index (χ0n) is 22.3. The summed E-state index contributed by atoms with van der Waals surface area (Å²) in [7, 11) is -2.16. The second-order valence-corrected chi connectivity index (χ2v) is 9.77. The smallest absolute Gasteiger partial charge is 0.321 e. The van der Waals surface area contributed by atoms with E-state index in [-0.39, 0.29) is 37.2 Å². The molecule has 228 valence electrons. The Morgan fingerprint density at radius 1 is 0.875 bits per heavy atom. The first-order valence-electron chi connectivity index (χ1n) is 11.8. The number of nitrogens with zero attached hydrogens (tertiary/aromatic N) is 2. The number of sulfonamides is 1. The molecule has 1 aromatic carbocycles. The Kier molecular flexibility index (Phi) is 20.9. The maximum absolute atomic E-state index is 12.0. The summed E-state index contributed by atoms with van der Waals surface area (Å²) in [5.41, 5.74) is 26.2. The summed E-state index contributed by atoms with van der Waals surface area (Å²) in [6.45, 7) is 0.704.